The zero-order chi connectivity index (χ0) is 9.56. The van der Waals surface area contributed by atoms with Gasteiger partial charge in [0.25, 0.3) is 0 Å². The average Bonchev–Trinajstić information content (AvgIpc) is 2.03. The van der Waals surface area contributed by atoms with E-state index in [1.165, 1.54) is 12.6 Å². The molecule has 0 spiro atoms. The first-order valence-corrected chi connectivity index (χ1v) is 15.2. The van der Waals surface area contributed by atoms with E-state index in [4.69, 9.17) is 11.2 Å². The first kappa shape index (κ1) is 14.9. The molecule has 0 amide bonds. The van der Waals surface area contributed by atoms with Gasteiger partial charge in [0.2, 0.25) is 0 Å². The maximum absolute atomic E-state index is 5.12. The van der Waals surface area contributed by atoms with E-state index in [-0.39, 0.29) is 6.50 Å². The molecule has 6 unspecified atom stereocenters. The van der Waals surface area contributed by atoms with E-state index in [1.54, 1.807) is 8.88 Å². The van der Waals surface area contributed by atoms with Gasteiger partial charge in [0.05, 0.1) is 0 Å². The second-order valence-electron chi connectivity index (χ2n) is 2.14. The normalized spacial score (nSPS) is 17.1. The molecule has 0 rings (SSSR count). The Morgan fingerprint density at radius 3 is 2.50 bits per heavy atom. The summed E-state index contributed by atoms with van der Waals surface area (Å²) in [6, 6.07) is 0. The van der Waals surface area contributed by atoms with Crippen molar-refractivity contribution in [1.29, 1.82) is 0 Å². The molecule has 0 nitrogen and oxygen atoms in total. The largest absolute Gasteiger partial charge is 0.114 e. The second-order valence-corrected chi connectivity index (χ2v) is 19.5. The lowest BCUT2D eigenvalue weighted by Crippen LogP contribution is -2.11. The standard InChI is InChI=1S/C4H15P5S3/c1-2-4(3-8-5)12(11-10)9(6)7/h4,8H,2-3,5-7H2,1H3. The van der Waals surface area contributed by atoms with Crippen LogP contribution < -0.4 is 0 Å². The van der Waals surface area contributed by atoms with Crippen LogP contribution in [0.4, 0.5) is 0 Å². The van der Waals surface area contributed by atoms with Crippen molar-refractivity contribution < 1.29 is 0 Å². The fourth-order valence-corrected chi connectivity index (χ4v) is 20.4. The van der Waals surface area contributed by atoms with Crippen molar-refractivity contribution in [3.8, 4) is 0 Å². The molecule has 12 heavy (non-hydrogen) atoms. The van der Waals surface area contributed by atoms with Crippen LogP contribution in [0.25, 0.3) is 0 Å². The summed E-state index contributed by atoms with van der Waals surface area (Å²) in [5, 5.41) is 0.837. The monoisotopic (exact) mass is 314 g/mol. The van der Waals surface area contributed by atoms with Gasteiger partial charge in [0.1, 0.15) is 0 Å². The van der Waals surface area contributed by atoms with E-state index in [2.05, 4.69) is 33.7 Å². The highest BCUT2D eigenvalue weighted by atomic mass is 33.3. The third-order valence-corrected chi connectivity index (χ3v) is 19.4. The summed E-state index contributed by atoms with van der Waals surface area (Å²) in [5.41, 5.74) is 0. The third-order valence-electron chi connectivity index (χ3n) is 1.36. The van der Waals surface area contributed by atoms with Crippen molar-refractivity contribution in [2.45, 2.75) is 18.6 Å². The van der Waals surface area contributed by atoms with E-state index >= 15 is 0 Å². The summed E-state index contributed by atoms with van der Waals surface area (Å²) in [4.78, 5) is 0. The molecule has 8 heteroatoms. The highest BCUT2D eigenvalue weighted by Gasteiger charge is 2.13. The van der Waals surface area contributed by atoms with Crippen molar-refractivity contribution in [3.05, 3.63) is 0 Å². The summed E-state index contributed by atoms with van der Waals surface area (Å²) in [6.07, 6.45) is 2.60. The number of hydrogen-bond acceptors (Lipinski definition) is 1. The minimum atomic E-state index is -0.00565. The fraction of sp³-hybridized carbons (Fsp3) is 1.00. The van der Waals surface area contributed by atoms with Crippen molar-refractivity contribution in [1.82, 2.24) is 0 Å². The molecule has 0 bridgehead atoms. The maximum atomic E-state index is 5.12. The van der Waals surface area contributed by atoms with Gasteiger partial charge in [-0.15, -0.1) is 17.2 Å². The van der Waals surface area contributed by atoms with Crippen LogP contribution in [0, 0.1) is 0 Å². The van der Waals surface area contributed by atoms with Gasteiger partial charge in [-0.2, -0.15) is 0 Å². The van der Waals surface area contributed by atoms with Gasteiger partial charge < -0.3 is 0 Å². The van der Waals surface area contributed by atoms with Crippen LogP contribution in [0.3, 0.4) is 0 Å². The fourth-order valence-electron chi connectivity index (χ4n) is 0.752. The molecule has 0 aromatic rings. The van der Waals surface area contributed by atoms with E-state index in [9.17, 15) is 0 Å². The van der Waals surface area contributed by atoms with Crippen LogP contribution in [-0.4, -0.2) is 11.4 Å². The van der Waals surface area contributed by atoms with Crippen LogP contribution in [0.15, 0.2) is 0 Å². The summed E-state index contributed by atoms with van der Waals surface area (Å²) in [7, 11) is 11.7. The lowest BCUT2D eigenvalue weighted by Gasteiger charge is -2.19. The molecule has 0 heterocycles. The number of hydrogen-bond donors (Lipinski definition) is 0. The first-order valence-electron chi connectivity index (χ1n) is 3.43. The summed E-state index contributed by atoms with van der Waals surface area (Å²) in [5.74, 6) is 0. The first-order chi connectivity index (χ1) is 5.67. The highest BCUT2D eigenvalue weighted by Crippen LogP contribution is 2.58. The van der Waals surface area contributed by atoms with Gasteiger partial charge in [-0.1, -0.05) is 33.9 Å². The molecule has 0 saturated heterocycles. The Kier molecular flexibility index (Phi) is 11.4. The Hall–Kier alpha value is 2.94. The molecule has 0 aliphatic rings. The zero-order valence-corrected chi connectivity index (χ0v) is 14.7. The summed E-state index contributed by atoms with van der Waals surface area (Å²) < 4.78 is 0. The zero-order valence-electron chi connectivity index (χ0n) is 6.90. The van der Waals surface area contributed by atoms with E-state index in [0.29, 0.717) is 9.07 Å². The van der Waals surface area contributed by atoms with Gasteiger partial charge in [-0.25, -0.2) is 0 Å². The Balaban J connectivity index is 4.35. The van der Waals surface area contributed by atoms with E-state index < -0.39 is 0 Å². The van der Waals surface area contributed by atoms with Crippen LogP contribution in [0.5, 0.6) is 0 Å². The minimum Gasteiger partial charge on any atom is -0.114 e. The Labute approximate surface area is 95.0 Å². The SMILES string of the molecule is CCC(CPP)S(=S=S)P(P)P. The van der Waals surface area contributed by atoms with Crippen molar-refractivity contribution >= 4 is 70.7 Å². The van der Waals surface area contributed by atoms with Crippen molar-refractivity contribution in [2.24, 2.45) is 0 Å². The molecule has 0 aromatic carbocycles. The molecule has 0 N–H and O–H groups in total. The highest BCUT2D eigenvalue weighted by molar-refractivity contribution is 8.93. The Morgan fingerprint density at radius 1 is 1.67 bits per heavy atom. The molecular formula is C4H15P5S3. The van der Waals surface area contributed by atoms with E-state index in [0.717, 1.165) is 13.5 Å². The predicted molar refractivity (Wildman–Crippen MR) is 85.4 cm³/mol. The lowest BCUT2D eigenvalue weighted by molar-refractivity contribution is 0.920. The smallest absolute Gasteiger partial charge is 0.0176 e. The summed E-state index contributed by atoms with van der Waals surface area (Å²) >= 11 is 5.12. The second kappa shape index (κ2) is 9.19. The molecule has 0 aliphatic carbocycles. The van der Waals surface area contributed by atoms with Gasteiger partial charge in [0, 0.05) is 5.25 Å². The van der Waals surface area contributed by atoms with Crippen LogP contribution in [0.1, 0.15) is 13.3 Å². The molecule has 0 radical (unpaired) electrons. The molecule has 0 saturated carbocycles. The van der Waals surface area contributed by atoms with Gasteiger partial charge in [-0.3, -0.25) is 0 Å². The lowest BCUT2D eigenvalue weighted by atomic mass is 10.4. The summed E-state index contributed by atoms with van der Waals surface area (Å²) in [6.45, 7) is 2.27. The van der Waals surface area contributed by atoms with Gasteiger partial charge in [-0.05, 0) is 39.2 Å². The molecule has 0 aromatic heterocycles. The van der Waals surface area contributed by atoms with Crippen molar-refractivity contribution in [3.63, 3.8) is 0 Å². The molecule has 0 fully saturated rings. The van der Waals surface area contributed by atoms with Crippen LogP contribution in [0.2, 0.25) is 0 Å². The van der Waals surface area contributed by atoms with Crippen molar-refractivity contribution in [2.75, 3.05) is 6.16 Å². The average molecular weight is 314 g/mol. The Bertz CT molecular complexity index is 178. The maximum Gasteiger partial charge on any atom is 0.0176 e. The predicted octanol–water partition coefficient (Wildman–Crippen LogP) is 3.29. The van der Waals surface area contributed by atoms with E-state index in [1.807, 2.05) is 0 Å². The molecule has 0 aliphatic heterocycles. The minimum absolute atomic E-state index is 0.00565. The topological polar surface area (TPSA) is 0 Å². The van der Waals surface area contributed by atoms with Crippen LogP contribution in [-0.2, 0) is 29.1 Å². The molecule has 74 valence electrons. The number of rotatable bonds is 5. The van der Waals surface area contributed by atoms with Gasteiger partial charge >= 0.3 is 0 Å². The van der Waals surface area contributed by atoms with Gasteiger partial charge in [0.15, 0.2) is 0 Å². The van der Waals surface area contributed by atoms with Crippen LogP contribution >= 0.6 is 41.6 Å². The third kappa shape index (κ3) is 5.73. The molecule has 6 atom stereocenters. The Morgan fingerprint density at radius 2 is 2.25 bits per heavy atom. The quantitative estimate of drug-likeness (QED) is 0.702. The molecular weight excluding hydrogens is 299 g/mol.